The Labute approximate surface area is 76.9 Å². The zero-order valence-electron chi connectivity index (χ0n) is 7.78. The van der Waals surface area contributed by atoms with Gasteiger partial charge in [0.05, 0.1) is 20.3 Å². The summed E-state index contributed by atoms with van der Waals surface area (Å²) in [5.74, 6) is 1.63. The van der Waals surface area contributed by atoms with E-state index < -0.39 is 0 Å². The van der Waals surface area contributed by atoms with Crippen molar-refractivity contribution in [2.75, 3.05) is 20.8 Å². The Morgan fingerprint density at radius 3 is 2.15 bits per heavy atom. The SMILES string of the molecule is COc1cc(OC)nc(CCN)n1. The highest BCUT2D eigenvalue weighted by Gasteiger charge is 2.03. The summed E-state index contributed by atoms with van der Waals surface area (Å²) in [5, 5.41) is 0. The first-order valence-corrected chi connectivity index (χ1v) is 3.96. The van der Waals surface area contributed by atoms with Crippen LogP contribution in [0.25, 0.3) is 0 Å². The van der Waals surface area contributed by atoms with Gasteiger partial charge in [-0.05, 0) is 6.54 Å². The molecule has 0 unspecified atom stereocenters. The molecule has 0 aliphatic heterocycles. The van der Waals surface area contributed by atoms with E-state index in [9.17, 15) is 0 Å². The van der Waals surface area contributed by atoms with Crippen LogP contribution >= 0.6 is 0 Å². The molecule has 1 rings (SSSR count). The van der Waals surface area contributed by atoms with Crippen molar-refractivity contribution in [3.63, 3.8) is 0 Å². The maximum atomic E-state index is 5.38. The van der Waals surface area contributed by atoms with Crippen LogP contribution in [-0.4, -0.2) is 30.7 Å². The van der Waals surface area contributed by atoms with Crippen molar-refractivity contribution in [3.05, 3.63) is 11.9 Å². The number of hydrogen-bond acceptors (Lipinski definition) is 5. The topological polar surface area (TPSA) is 70.3 Å². The molecule has 5 heteroatoms. The summed E-state index contributed by atoms with van der Waals surface area (Å²) in [6, 6.07) is 1.63. The fourth-order valence-electron chi connectivity index (χ4n) is 0.900. The zero-order valence-corrected chi connectivity index (χ0v) is 7.78. The van der Waals surface area contributed by atoms with Gasteiger partial charge in [0, 0.05) is 6.42 Å². The van der Waals surface area contributed by atoms with Crippen LogP contribution < -0.4 is 15.2 Å². The van der Waals surface area contributed by atoms with Crippen LogP contribution in [0.2, 0.25) is 0 Å². The third-order valence-electron chi connectivity index (χ3n) is 1.51. The van der Waals surface area contributed by atoms with Gasteiger partial charge in [-0.3, -0.25) is 0 Å². The predicted molar refractivity (Wildman–Crippen MR) is 47.9 cm³/mol. The second kappa shape index (κ2) is 4.61. The van der Waals surface area contributed by atoms with Crippen molar-refractivity contribution in [1.29, 1.82) is 0 Å². The summed E-state index contributed by atoms with van der Waals surface area (Å²) >= 11 is 0. The highest BCUT2D eigenvalue weighted by molar-refractivity contribution is 5.20. The number of aromatic nitrogens is 2. The third kappa shape index (κ3) is 2.55. The van der Waals surface area contributed by atoms with Crippen LogP contribution in [-0.2, 0) is 6.42 Å². The minimum Gasteiger partial charge on any atom is -0.481 e. The number of ether oxygens (including phenoxy) is 2. The third-order valence-corrected chi connectivity index (χ3v) is 1.51. The van der Waals surface area contributed by atoms with Gasteiger partial charge in [-0.2, -0.15) is 9.97 Å². The maximum Gasteiger partial charge on any atom is 0.220 e. The molecule has 72 valence electrons. The van der Waals surface area contributed by atoms with Gasteiger partial charge in [0.1, 0.15) is 5.82 Å². The van der Waals surface area contributed by atoms with Gasteiger partial charge in [-0.15, -0.1) is 0 Å². The molecule has 0 aliphatic rings. The zero-order chi connectivity index (χ0) is 9.68. The summed E-state index contributed by atoms with van der Waals surface area (Å²) in [4.78, 5) is 8.19. The normalized spacial score (nSPS) is 9.77. The Morgan fingerprint density at radius 2 is 1.77 bits per heavy atom. The molecule has 0 atom stereocenters. The molecule has 0 spiro atoms. The molecule has 0 saturated heterocycles. The molecule has 13 heavy (non-hydrogen) atoms. The average Bonchev–Trinajstić information content (AvgIpc) is 2.17. The van der Waals surface area contributed by atoms with Gasteiger partial charge in [0.25, 0.3) is 0 Å². The predicted octanol–water partition coefficient (Wildman–Crippen LogP) is -0.00500. The summed E-state index contributed by atoms with van der Waals surface area (Å²) in [6.07, 6.45) is 0.619. The second-order valence-corrected chi connectivity index (χ2v) is 2.41. The molecule has 2 N–H and O–H groups in total. The Balaban J connectivity index is 2.93. The highest BCUT2D eigenvalue weighted by atomic mass is 16.5. The van der Waals surface area contributed by atoms with Crippen molar-refractivity contribution in [2.45, 2.75) is 6.42 Å². The van der Waals surface area contributed by atoms with Crippen molar-refractivity contribution < 1.29 is 9.47 Å². The second-order valence-electron chi connectivity index (χ2n) is 2.41. The monoisotopic (exact) mass is 183 g/mol. The first-order chi connectivity index (χ1) is 6.30. The quantitative estimate of drug-likeness (QED) is 0.711. The van der Waals surface area contributed by atoms with E-state index in [0.29, 0.717) is 30.5 Å². The minimum atomic E-state index is 0.496. The van der Waals surface area contributed by atoms with E-state index in [1.165, 1.54) is 0 Å². The number of rotatable bonds is 4. The standard InChI is InChI=1S/C8H13N3O2/c1-12-7-5-8(13-2)11-6(10-7)3-4-9/h5H,3-4,9H2,1-2H3. The molecular weight excluding hydrogens is 170 g/mol. The molecular formula is C8H13N3O2. The van der Waals surface area contributed by atoms with Crippen LogP contribution in [0.3, 0.4) is 0 Å². The fourth-order valence-corrected chi connectivity index (χ4v) is 0.900. The molecule has 5 nitrogen and oxygen atoms in total. The Kier molecular flexibility index (Phi) is 3.45. The lowest BCUT2D eigenvalue weighted by Gasteiger charge is -2.04. The van der Waals surface area contributed by atoms with E-state index in [-0.39, 0.29) is 0 Å². The van der Waals surface area contributed by atoms with Gasteiger partial charge >= 0.3 is 0 Å². The van der Waals surface area contributed by atoms with Crippen LogP contribution in [0.5, 0.6) is 11.8 Å². The molecule has 0 fully saturated rings. The van der Waals surface area contributed by atoms with E-state index in [4.69, 9.17) is 15.2 Å². The lowest BCUT2D eigenvalue weighted by molar-refractivity contribution is 0.368. The van der Waals surface area contributed by atoms with E-state index in [1.54, 1.807) is 20.3 Å². The number of nitrogens with two attached hydrogens (primary N) is 1. The Bertz CT molecular complexity index is 256. The van der Waals surface area contributed by atoms with Gasteiger partial charge in [0.15, 0.2) is 0 Å². The van der Waals surface area contributed by atoms with E-state index in [2.05, 4.69) is 9.97 Å². The Morgan fingerprint density at radius 1 is 1.23 bits per heavy atom. The smallest absolute Gasteiger partial charge is 0.220 e. The lowest BCUT2D eigenvalue weighted by atomic mass is 10.4. The van der Waals surface area contributed by atoms with Crippen molar-refractivity contribution in [1.82, 2.24) is 9.97 Å². The minimum absolute atomic E-state index is 0.496. The molecule has 0 bridgehead atoms. The van der Waals surface area contributed by atoms with Crippen LogP contribution in [0.15, 0.2) is 6.07 Å². The average molecular weight is 183 g/mol. The number of methoxy groups -OCH3 is 2. The summed E-state index contributed by atoms with van der Waals surface area (Å²) in [6.45, 7) is 0.510. The number of nitrogens with zero attached hydrogens (tertiary/aromatic N) is 2. The van der Waals surface area contributed by atoms with Gasteiger partial charge in [0.2, 0.25) is 11.8 Å². The molecule has 0 aromatic carbocycles. The largest absolute Gasteiger partial charge is 0.481 e. The number of hydrogen-bond donors (Lipinski definition) is 1. The van der Waals surface area contributed by atoms with Crippen molar-refractivity contribution in [3.8, 4) is 11.8 Å². The van der Waals surface area contributed by atoms with E-state index in [1.807, 2.05) is 0 Å². The van der Waals surface area contributed by atoms with Crippen LogP contribution in [0, 0.1) is 0 Å². The molecule has 0 saturated carbocycles. The summed E-state index contributed by atoms with van der Waals surface area (Å²) in [7, 11) is 3.10. The van der Waals surface area contributed by atoms with E-state index >= 15 is 0 Å². The molecule has 0 amide bonds. The fraction of sp³-hybridized carbons (Fsp3) is 0.500. The Hall–Kier alpha value is -1.36. The van der Waals surface area contributed by atoms with Gasteiger partial charge in [-0.25, -0.2) is 0 Å². The first-order valence-electron chi connectivity index (χ1n) is 3.96. The summed E-state index contributed by atoms with van der Waals surface area (Å²) in [5.41, 5.74) is 5.38. The summed E-state index contributed by atoms with van der Waals surface area (Å²) < 4.78 is 9.94. The van der Waals surface area contributed by atoms with Crippen molar-refractivity contribution in [2.24, 2.45) is 5.73 Å². The van der Waals surface area contributed by atoms with Crippen LogP contribution in [0.1, 0.15) is 5.82 Å². The van der Waals surface area contributed by atoms with Crippen molar-refractivity contribution >= 4 is 0 Å². The molecule has 0 radical (unpaired) electrons. The van der Waals surface area contributed by atoms with Gasteiger partial charge in [-0.1, -0.05) is 0 Å². The molecule has 1 aromatic rings. The molecule has 0 aliphatic carbocycles. The highest BCUT2D eigenvalue weighted by Crippen LogP contribution is 2.14. The first kappa shape index (κ1) is 9.73. The van der Waals surface area contributed by atoms with E-state index in [0.717, 1.165) is 0 Å². The van der Waals surface area contributed by atoms with Crippen LogP contribution in [0.4, 0.5) is 0 Å². The molecule has 1 aromatic heterocycles. The molecule has 1 heterocycles. The van der Waals surface area contributed by atoms with Gasteiger partial charge < -0.3 is 15.2 Å². The maximum absolute atomic E-state index is 5.38. The lowest BCUT2D eigenvalue weighted by Crippen LogP contribution is -2.07.